The van der Waals surface area contributed by atoms with Gasteiger partial charge >= 0.3 is 0 Å². The van der Waals surface area contributed by atoms with Gasteiger partial charge in [-0.25, -0.2) is 18.4 Å². The molecule has 0 aliphatic rings. The van der Waals surface area contributed by atoms with E-state index in [0.29, 0.717) is 17.1 Å². The Hall–Kier alpha value is -4.03. The lowest BCUT2D eigenvalue weighted by Crippen LogP contribution is -2.27. The molecule has 0 aliphatic heterocycles. The predicted molar refractivity (Wildman–Crippen MR) is 128 cm³/mol. The minimum atomic E-state index is -3.79. The van der Waals surface area contributed by atoms with Crippen molar-refractivity contribution in [3.8, 4) is 17.0 Å². The van der Waals surface area contributed by atoms with E-state index in [1.54, 1.807) is 36.8 Å². The van der Waals surface area contributed by atoms with Crippen molar-refractivity contribution in [2.45, 2.75) is 11.4 Å². The molecule has 4 aromatic rings. The zero-order valence-electron chi connectivity index (χ0n) is 17.8. The molecule has 2 N–H and O–H groups in total. The molecule has 174 valence electrons. The van der Waals surface area contributed by atoms with Crippen LogP contribution in [0.15, 0.2) is 82.2 Å². The highest BCUT2D eigenvalue weighted by Crippen LogP contribution is 2.20. The predicted octanol–water partition coefficient (Wildman–Crippen LogP) is 2.81. The molecule has 0 atom stereocenters. The number of amides is 1. The Morgan fingerprint density at radius 1 is 1.09 bits per heavy atom. The molecule has 2 aromatic heterocycles. The van der Waals surface area contributed by atoms with Crippen molar-refractivity contribution in [1.82, 2.24) is 14.5 Å². The van der Waals surface area contributed by atoms with E-state index in [2.05, 4.69) is 20.0 Å². The van der Waals surface area contributed by atoms with Crippen LogP contribution in [-0.4, -0.2) is 36.0 Å². The molecule has 12 heteroatoms. The van der Waals surface area contributed by atoms with Gasteiger partial charge in [0, 0.05) is 28.9 Å². The molecule has 34 heavy (non-hydrogen) atoms. The SMILES string of the molecule is COc1ccc(-c2cc(=O)n(CC(=O)Nc3ccc(S(=O)(=O)Nc4nccs4)cc3)cn2)cc1. The summed E-state index contributed by atoms with van der Waals surface area (Å²) in [5, 5.41) is 4.55. The number of rotatable bonds is 8. The van der Waals surface area contributed by atoms with Crippen LogP contribution in [0.4, 0.5) is 10.8 Å². The lowest BCUT2D eigenvalue weighted by atomic mass is 10.1. The van der Waals surface area contributed by atoms with E-state index in [0.717, 1.165) is 16.9 Å². The fourth-order valence-electron chi connectivity index (χ4n) is 2.98. The van der Waals surface area contributed by atoms with Crippen LogP contribution in [0.25, 0.3) is 11.3 Å². The van der Waals surface area contributed by atoms with E-state index in [1.165, 1.54) is 47.4 Å². The first-order valence-corrected chi connectivity index (χ1v) is 12.2. The van der Waals surface area contributed by atoms with E-state index >= 15 is 0 Å². The number of hydrogen-bond donors (Lipinski definition) is 2. The van der Waals surface area contributed by atoms with Crippen LogP contribution in [0.5, 0.6) is 5.75 Å². The van der Waals surface area contributed by atoms with Crippen LogP contribution >= 0.6 is 11.3 Å². The molecule has 10 nitrogen and oxygen atoms in total. The largest absolute Gasteiger partial charge is 0.497 e. The Morgan fingerprint density at radius 2 is 1.82 bits per heavy atom. The number of hydrogen-bond acceptors (Lipinski definition) is 8. The molecular weight excluding hydrogens is 478 g/mol. The average Bonchev–Trinajstić information content (AvgIpc) is 3.33. The Kier molecular flexibility index (Phi) is 6.70. The summed E-state index contributed by atoms with van der Waals surface area (Å²) in [5.74, 6) is 0.229. The van der Waals surface area contributed by atoms with Gasteiger partial charge in [0.1, 0.15) is 12.3 Å². The van der Waals surface area contributed by atoms with Gasteiger partial charge in [0.25, 0.3) is 15.6 Å². The summed E-state index contributed by atoms with van der Waals surface area (Å²) in [4.78, 5) is 33.0. The second-order valence-electron chi connectivity index (χ2n) is 6.98. The van der Waals surface area contributed by atoms with Crippen LogP contribution < -0.4 is 20.3 Å². The maximum absolute atomic E-state index is 12.5. The van der Waals surface area contributed by atoms with Gasteiger partial charge in [-0.1, -0.05) is 0 Å². The van der Waals surface area contributed by atoms with Crippen molar-refractivity contribution < 1.29 is 17.9 Å². The smallest absolute Gasteiger partial charge is 0.263 e. The van der Waals surface area contributed by atoms with Crippen LogP contribution in [0.1, 0.15) is 0 Å². The van der Waals surface area contributed by atoms with Crippen molar-refractivity contribution in [2.75, 3.05) is 17.1 Å². The number of nitrogens with zero attached hydrogens (tertiary/aromatic N) is 3. The number of methoxy groups -OCH3 is 1. The fraction of sp³-hybridized carbons (Fsp3) is 0.0909. The topological polar surface area (TPSA) is 132 Å². The van der Waals surface area contributed by atoms with Crippen molar-refractivity contribution >= 4 is 38.1 Å². The maximum Gasteiger partial charge on any atom is 0.263 e. The van der Waals surface area contributed by atoms with E-state index < -0.39 is 15.9 Å². The Morgan fingerprint density at radius 3 is 2.44 bits per heavy atom. The number of carbonyl (C=O) groups is 1. The third-order valence-electron chi connectivity index (χ3n) is 4.68. The number of thiazole rings is 1. The van der Waals surface area contributed by atoms with E-state index in [-0.39, 0.29) is 22.1 Å². The zero-order chi connectivity index (χ0) is 24.1. The first kappa shape index (κ1) is 23.1. The summed E-state index contributed by atoms with van der Waals surface area (Å²) in [6, 6.07) is 14.1. The quantitative estimate of drug-likeness (QED) is 0.382. The van der Waals surface area contributed by atoms with Gasteiger partial charge in [-0.2, -0.15) is 0 Å². The van der Waals surface area contributed by atoms with Crippen LogP contribution in [0.3, 0.4) is 0 Å². The number of benzene rings is 2. The molecule has 0 fully saturated rings. The van der Waals surface area contributed by atoms with Crippen LogP contribution in [0, 0.1) is 0 Å². The third-order valence-corrected chi connectivity index (χ3v) is 6.85. The molecule has 0 bridgehead atoms. The molecular formula is C22H19N5O5S2. The summed E-state index contributed by atoms with van der Waals surface area (Å²) in [7, 11) is -2.22. The lowest BCUT2D eigenvalue weighted by molar-refractivity contribution is -0.116. The summed E-state index contributed by atoms with van der Waals surface area (Å²) in [6.07, 6.45) is 2.80. The average molecular weight is 498 g/mol. The van der Waals surface area contributed by atoms with E-state index in [1.807, 2.05) is 0 Å². The summed E-state index contributed by atoms with van der Waals surface area (Å²) >= 11 is 1.16. The van der Waals surface area contributed by atoms with Crippen molar-refractivity contribution in [1.29, 1.82) is 0 Å². The Labute approximate surface area is 199 Å². The monoisotopic (exact) mass is 497 g/mol. The van der Waals surface area contributed by atoms with Crippen LogP contribution in [-0.2, 0) is 21.4 Å². The number of ether oxygens (including phenoxy) is 1. The first-order valence-electron chi connectivity index (χ1n) is 9.87. The summed E-state index contributed by atoms with van der Waals surface area (Å²) in [5.41, 5.74) is 1.22. The van der Waals surface area contributed by atoms with E-state index in [4.69, 9.17) is 4.74 Å². The van der Waals surface area contributed by atoms with E-state index in [9.17, 15) is 18.0 Å². The fourth-order valence-corrected chi connectivity index (χ4v) is 4.77. The molecule has 0 aliphatic carbocycles. The highest BCUT2D eigenvalue weighted by Gasteiger charge is 2.16. The molecule has 0 saturated carbocycles. The third kappa shape index (κ3) is 5.47. The minimum absolute atomic E-state index is 0.0234. The second kappa shape index (κ2) is 9.85. The zero-order valence-corrected chi connectivity index (χ0v) is 19.5. The molecule has 0 saturated heterocycles. The number of nitrogens with one attached hydrogen (secondary N) is 2. The highest BCUT2D eigenvalue weighted by molar-refractivity contribution is 7.93. The minimum Gasteiger partial charge on any atom is -0.497 e. The molecule has 2 heterocycles. The molecule has 2 aromatic carbocycles. The van der Waals surface area contributed by atoms with Gasteiger partial charge in [0.2, 0.25) is 5.91 Å². The molecule has 0 unspecified atom stereocenters. The Bertz CT molecular complexity index is 1450. The second-order valence-corrected chi connectivity index (χ2v) is 9.56. The number of anilines is 2. The normalized spacial score (nSPS) is 11.1. The number of carbonyl (C=O) groups excluding carboxylic acids is 1. The first-order chi connectivity index (χ1) is 16.3. The van der Waals surface area contributed by atoms with Gasteiger partial charge < -0.3 is 10.1 Å². The highest BCUT2D eigenvalue weighted by atomic mass is 32.2. The van der Waals surface area contributed by atoms with Gasteiger partial charge in [-0.3, -0.25) is 18.9 Å². The number of sulfonamides is 1. The Balaban J connectivity index is 1.40. The molecule has 0 spiro atoms. The number of aromatic nitrogens is 3. The summed E-state index contributed by atoms with van der Waals surface area (Å²) in [6.45, 7) is -0.250. The van der Waals surface area contributed by atoms with Gasteiger partial charge in [0.15, 0.2) is 5.13 Å². The molecule has 4 rings (SSSR count). The van der Waals surface area contributed by atoms with Gasteiger partial charge in [-0.05, 0) is 48.5 Å². The van der Waals surface area contributed by atoms with Crippen LogP contribution in [0.2, 0.25) is 0 Å². The van der Waals surface area contributed by atoms with Crippen molar-refractivity contribution in [3.05, 3.63) is 82.9 Å². The van der Waals surface area contributed by atoms with Gasteiger partial charge in [-0.15, -0.1) is 11.3 Å². The summed E-state index contributed by atoms with van der Waals surface area (Å²) < 4.78 is 33.5. The maximum atomic E-state index is 12.5. The standard InChI is InChI=1S/C22H19N5O5S2/c1-32-17-6-2-15(3-7-17)19-12-21(29)27(14-24-19)13-20(28)25-16-4-8-18(9-5-16)34(30,31)26-22-23-10-11-33-22/h2-12,14H,13H2,1H3,(H,23,26)(H,25,28). The lowest BCUT2D eigenvalue weighted by Gasteiger charge is -2.09. The van der Waals surface area contributed by atoms with Gasteiger partial charge in [0.05, 0.1) is 24.0 Å². The molecule has 1 amide bonds. The van der Waals surface area contributed by atoms with Crippen molar-refractivity contribution in [3.63, 3.8) is 0 Å². The molecule has 0 radical (unpaired) electrons. The van der Waals surface area contributed by atoms with Crippen molar-refractivity contribution in [2.24, 2.45) is 0 Å².